The minimum absolute atomic E-state index is 0.0678. The van der Waals surface area contributed by atoms with Gasteiger partial charge in [0.15, 0.2) is 0 Å². The van der Waals surface area contributed by atoms with Crippen LogP contribution in [0.1, 0.15) is 47.0 Å². The molecule has 2 aliphatic rings. The molecule has 0 atom stereocenters. The number of nitrogens with zero attached hydrogens (tertiary/aromatic N) is 3. The smallest absolute Gasteiger partial charge is 0.310 e. The Bertz CT molecular complexity index is 1130. The van der Waals surface area contributed by atoms with Crippen LogP contribution in [-0.2, 0) is 25.7 Å². The van der Waals surface area contributed by atoms with Crippen LogP contribution in [0.25, 0.3) is 11.3 Å². The fraction of sp³-hybridized carbons (Fsp3) is 0.381. The fourth-order valence-corrected chi connectivity index (χ4v) is 3.93. The van der Waals surface area contributed by atoms with Crippen molar-refractivity contribution in [3.63, 3.8) is 0 Å². The van der Waals surface area contributed by atoms with E-state index in [1.54, 1.807) is 6.20 Å². The molecule has 0 bridgehead atoms. The Hall–Kier alpha value is -2.94. The van der Waals surface area contributed by atoms with Crippen molar-refractivity contribution < 1.29 is 13.2 Å². The third kappa shape index (κ3) is 3.65. The quantitative estimate of drug-likeness (QED) is 0.683. The van der Waals surface area contributed by atoms with Crippen molar-refractivity contribution in [2.45, 2.75) is 44.4 Å². The Morgan fingerprint density at radius 1 is 1.17 bits per heavy atom. The van der Waals surface area contributed by atoms with Crippen LogP contribution in [0, 0.1) is 0 Å². The number of fused-ring (bicyclic) bond motifs is 1. The molecule has 0 radical (unpaired) electrons. The Balaban J connectivity index is 1.34. The monoisotopic (exact) mass is 415 g/mol. The van der Waals surface area contributed by atoms with Crippen molar-refractivity contribution in [3.8, 4) is 11.3 Å². The second-order valence-electron chi connectivity index (χ2n) is 7.96. The summed E-state index contributed by atoms with van der Waals surface area (Å²) in [4.78, 5) is 22.3. The molecular weight excluding hydrogens is 395 g/mol. The van der Waals surface area contributed by atoms with Gasteiger partial charge in [-0.3, -0.25) is 14.8 Å². The highest BCUT2D eigenvalue weighted by Gasteiger charge is 2.31. The summed E-state index contributed by atoms with van der Waals surface area (Å²) in [5.74, 6) is 1.21. The first-order chi connectivity index (χ1) is 14.4. The van der Waals surface area contributed by atoms with Crippen molar-refractivity contribution in [1.29, 1.82) is 0 Å². The number of aromatic amines is 2. The van der Waals surface area contributed by atoms with Crippen LogP contribution in [0.4, 0.5) is 13.2 Å². The maximum absolute atomic E-state index is 12.8. The molecular formula is C21H20F3N5O. The van der Waals surface area contributed by atoms with E-state index in [0.29, 0.717) is 42.2 Å². The number of aromatic nitrogens is 4. The number of H-pyrrole nitrogens is 2. The van der Waals surface area contributed by atoms with Gasteiger partial charge in [-0.15, -0.1) is 0 Å². The zero-order valence-electron chi connectivity index (χ0n) is 16.1. The summed E-state index contributed by atoms with van der Waals surface area (Å²) < 4.78 is 38.5. The zero-order chi connectivity index (χ0) is 20.9. The molecule has 2 N–H and O–H groups in total. The summed E-state index contributed by atoms with van der Waals surface area (Å²) in [5.41, 5.74) is 3.03. The van der Waals surface area contributed by atoms with Crippen molar-refractivity contribution in [1.82, 2.24) is 25.1 Å². The summed E-state index contributed by atoms with van der Waals surface area (Å²) in [5, 5.41) is 6.97. The topological polar surface area (TPSA) is 77.7 Å². The summed E-state index contributed by atoms with van der Waals surface area (Å²) in [6, 6.07) is 5.03. The van der Waals surface area contributed by atoms with Gasteiger partial charge in [-0.05, 0) is 30.5 Å². The minimum Gasteiger partial charge on any atom is -0.310 e. The van der Waals surface area contributed by atoms with Crippen LogP contribution >= 0.6 is 0 Å². The lowest BCUT2D eigenvalue weighted by Gasteiger charge is -2.27. The number of hydrogen-bond donors (Lipinski definition) is 2. The molecule has 9 heteroatoms. The highest BCUT2D eigenvalue weighted by Crippen LogP contribution is 2.38. The van der Waals surface area contributed by atoms with E-state index in [1.807, 2.05) is 0 Å². The number of nitrogens with one attached hydrogen (secondary N) is 2. The number of rotatable bonds is 4. The zero-order valence-corrected chi connectivity index (χ0v) is 16.1. The molecule has 3 aromatic rings. The van der Waals surface area contributed by atoms with Crippen LogP contribution in [-0.4, -0.2) is 31.6 Å². The van der Waals surface area contributed by atoms with Gasteiger partial charge in [0.2, 0.25) is 0 Å². The van der Waals surface area contributed by atoms with Gasteiger partial charge in [0, 0.05) is 37.5 Å². The van der Waals surface area contributed by atoms with E-state index in [-0.39, 0.29) is 5.56 Å². The molecule has 1 aromatic carbocycles. The maximum Gasteiger partial charge on any atom is 0.416 e. The normalized spacial score (nSPS) is 17.2. The molecule has 0 unspecified atom stereocenters. The van der Waals surface area contributed by atoms with Gasteiger partial charge in [0.25, 0.3) is 5.56 Å². The molecule has 1 aliphatic carbocycles. The highest BCUT2D eigenvalue weighted by atomic mass is 19.4. The van der Waals surface area contributed by atoms with Crippen molar-refractivity contribution in [3.05, 3.63) is 69.0 Å². The molecule has 0 saturated heterocycles. The molecule has 1 aliphatic heterocycles. The highest BCUT2D eigenvalue weighted by molar-refractivity contribution is 5.63. The van der Waals surface area contributed by atoms with Crippen LogP contribution in [0.3, 0.4) is 0 Å². The summed E-state index contributed by atoms with van der Waals surface area (Å²) in [6.07, 6.45) is 0.187. The number of alkyl halides is 3. The Morgan fingerprint density at radius 2 is 1.93 bits per heavy atom. The van der Waals surface area contributed by atoms with E-state index in [1.165, 1.54) is 12.1 Å². The molecule has 6 nitrogen and oxygen atoms in total. The molecule has 3 heterocycles. The molecule has 30 heavy (non-hydrogen) atoms. The third-order valence-electron chi connectivity index (χ3n) is 5.74. The number of benzene rings is 1. The Labute approximate surface area is 170 Å². The molecule has 0 spiro atoms. The van der Waals surface area contributed by atoms with Crippen LogP contribution in [0.5, 0.6) is 0 Å². The third-order valence-corrected chi connectivity index (χ3v) is 5.74. The van der Waals surface area contributed by atoms with Gasteiger partial charge in [-0.25, -0.2) is 4.98 Å². The average molecular weight is 415 g/mol. The lowest BCUT2D eigenvalue weighted by molar-refractivity contribution is -0.137. The summed E-state index contributed by atoms with van der Waals surface area (Å²) >= 11 is 0. The predicted octanol–water partition coefficient (Wildman–Crippen LogP) is 3.61. The molecule has 0 amide bonds. The van der Waals surface area contributed by atoms with Gasteiger partial charge < -0.3 is 4.98 Å². The van der Waals surface area contributed by atoms with Crippen LogP contribution < -0.4 is 5.56 Å². The first kappa shape index (κ1) is 19.0. The van der Waals surface area contributed by atoms with Crippen molar-refractivity contribution in [2.24, 2.45) is 0 Å². The fourth-order valence-electron chi connectivity index (χ4n) is 3.93. The molecule has 156 valence electrons. The lowest BCUT2D eigenvalue weighted by atomic mass is 10.0. The van der Waals surface area contributed by atoms with E-state index in [4.69, 9.17) is 0 Å². The standard InChI is InChI=1S/C21H20F3N5O/c22-21(23,24)15-5-3-12(4-6-15)18-14(9-25-28-18)10-29-8-7-17-16(11-29)20(30)27-19(26-17)13-1-2-13/h3-6,9,13H,1-2,7-8,10-11H2,(H,25,28)(H,26,27,30). The van der Waals surface area contributed by atoms with E-state index in [9.17, 15) is 18.0 Å². The van der Waals surface area contributed by atoms with Crippen molar-refractivity contribution in [2.75, 3.05) is 6.54 Å². The summed E-state index contributed by atoms with van der Waals surface area (Å²) in [6.45, 7) is 1.78. The van der Waals surface area contributed by atoms with Gasteiger partial charge in [-0.1, -0.05) is 12.1 Å². The van der Waals surface area contributed by atoms with E-state index in [2.05, 4.69) is 25.1 Å². The Morgan fingerprint density at radius 3 is 2.63 bits per heavy atom. The molecule has 5 rings (SSSR count). The largest absolute Gasteiger partial charge is 0.416 e. The van der Waals surface area contributed by atoms with Gasteiger partial charge in [0.05, 0.1) is 28.7 Å². The van der Waals surface area contributed by atoms with Gasteiger partial charge >= 0.3 is 6.18 Å². The molecule has 2 aromatic heterocycles. The van der Waals surface area contributed by atoms with E-state index in [0.717, 1.165) is 48.6 Å². The van der Waals surface area contributed by atoms with Crippen molar-refractivity contribution >= 4 is 0 Å². The van der Waals surface area contributed by atoms with Crippen LogP contribution in [0.2, 0.25) is 0 Å². The molecule has 1 saturated carbocycles. The van der Waals surface area contributed by atoms with Gasteiger partial charge in [-0.2, -0.15) is 18.3 Å². The summed E-state index contributed by atoms with van der Waals surface area (Å²) in [7, 11) is 0. The minimum atomic E-state index is -4.36. The van der Waals surface area contributed by atoms with Crippen LogP contribution in [0.15, 0.2) is 35.3 Å². The predicted molar refractivity (Wildman–Crippen MR) is 104 cm³/mol. The second kappa shape index (κ2) is 7.09. The maximum atomic E-state index is 12.8. The van der Waals surface area contributed by atoms with E-state index < -0.39 is 11.7 Å². The number of halogens is 3. The SMILES string of the molecule is O=c1[nH]c(C2CC2)nc2c1CN(Cc1cn[nH]c1-c1ccc(C(F)(F)F)cc1)CC2. The average Bonchev–Trinajstić information content (AvgIpc) is 3.47. The first-order valence-electron chi connectivity index (χ1n) is 9.92. The van der Waals surface area contributed by atoms with E-state index >= 15 is 0 Å². The first-order valence-corrected chi connectivity index (χ1v) is 9.92. The van der Waals surface area contributed by atoms with Gasteiger partial charge in [0.1, 0.15) is 5.82 Å². The molecule has 1 fully saturated rings. The lowest BCUT2D eigenvalue weighted by Crippen LogP contribution is -2.35. The number of hydrogen-bond acceptors (Lipinski definition) is 4. The Kier molecular flexibility index (Phi) is 4.50. The second-order valence-corrected chi connectivity index (χ2v) is 7.96.